The van der Waals surface area contributed by atoms with E-state index in [-0.39, 0.29) is 27.3 Å². The van der Waals surface area contributed by atoms with E-state index in [4.69, 9.17) is 0 Å². The van der Waals surface area contributed by atoms with Gasteiger partial charge in [-0.3, -0.25) is 10.1 Å². The third-order valence-electron chi connectivity index (χ3n) is 3.63. The van der Waals surface area contributed by atoms with Crippen molar-refractivity contribution in [1.82, 2.24) is 4.98 Å². The number of benzene rings is 2. The number of aromatic nitrogens is 1. The van der Waals surface area contributed by atoms with Crippen LogP contribution in [0.5, 0.6) is 0 Å². The van der Waals surface area contributed by atoms with Crippen molar-refractivity contribution in [3.63, 3.8) is 0 Å². The first-order valence-corrected chi connectivity index (χ1v) is 8.08. The van der Waals surface area contributed by atoms with Crippen molar-refractivity contribution in [2.75, 3.05) is 0 Å². The number of thiazole rings is 1. The van der Waals surface area contributed by atoms with Gasteiger partial charge in [-0.1, -0.05) is 0 Å². The van der Waals surface area contributed by atoms with Crippen molar-refractivity contribution in [1.29, 1.82) is 5.26 Å². The molecule has 10 heteroatoms. The fraction of sp³-hybridized carbons (Fsp3) is 0.0588. The van der Waals surface area contributed by atoms with Crippen LogP contribution in [-0.2, 0) is 6.18 Å². The minimum Gasteiger partial charge on any atom is -0.506 e. The van der Waals surface area contributed by atoms with Crippen LogP contribution >= 0.6 is 11.3 Å². The van der Waals surface area contributed by atoms with Gasteiger partial charge in [0.2, 0.25) is 0 Å². The molecule has 1 N–H and O–H groups in total. The molecule has 0 saturated carbocycles. The molecular formula is C17H8F3N3O3S. The molecular weight excluding hydrogens is 383 g/mol. The summed E-state index contributed by atoms with van der Waals surface area (Å²) < 4.78 is 38.9. The number of rotatable bonds is 3. The fourth-order valence-corrected chi connectivity index (χ4v) is 3.24. The Balaban J connectivity index is 2.07. The molecule has 3 rings (SSSR count). The average Bonchev–Trinajstić information content (AvgIpc) is 3.04. The number of non-ortho nitro benzene ring substituents is 1. The van der Waals surface area contributed by atoms with Crippen LogP contribution in [0.15, 0.2) is 42.5 Å². The first-order valence-electron chi connectivity index (χ1n) is 7.27. The molecule has 0 aliphatic rings. The number of fused-ring (bicyclic) bond motifs is 1. The van der Waals surface area contributed by atoms with Gasteiger partial charge in [-0.05, 0) is 30.3 Å². The van der Waals surface area contributed by atoms with Crippen molar-refractivity contribution < 1.29 is 23.2 Å². The zero-order chi connectivity index (χ0) is 19.8. The summed E-state index contributed by atoms with van der Waals surface area (Å²) >= 11 is 0.953. The van der Waals surface area contributed by atoms with Gasteiger partial charge in [-0.2, -0.15) is 18.4 Å². The topological polar surface area (TPSA) is 100 Å². The van der Waals surface area contributed by atoms with Gasteiger partial charge < -0.3 is 5.11 Å². The number of hydrogen-bond donors (Lipinski definition) is 1. The lowest BCUT2D eigenvalue weighted by Gasteiger charge is -2.04. The van der Waals surface area contributed by atoms with Gasteiger partial charge in [-0.15, -0.1) is 11.3 Å². The molecule has 0 spiro atoms. The third-order valence-corrected chi connectivity index (χ3v) is 4.68. The van der Waals surface area contributed by atoms with E-state index in [2.05, 4.69) is 4.98 Å². The van der Waals surface area contributed by atoms with E-state index in [9.17, 15) is 33.7 Å². The predicted molar refractivity (Wildman–Crippen MR) is 92.8 cm³/mol. The van der Waals surface area contributed by atoms with Crippen molar-refractivity contribution >= 4 is 38.6 Å². The Morgan fingerprint density at radius 2 is 1.89 bits per heavy atom. The first-order chi connectivity index (χ1) is 12.7. The summed E-state index contributed by atoms with van der Waals surface area (Å²) in [5, 5.41) is 30.4. The zero-order valence-corrected chi connectivity index (χ0v) is 14.0. The fourth-order valence-electron chi connectivity index (χ4n) is 2.30. The Morgan fingerprint density at radius 1 is 1.22 bits per heavy atom. The summed E-state index contributed by atoms with van der Waals surface area (Å²) in [6.45, 7) is 0. The quantitative estimate of drug-likeness (QED) is 0.287. The molecule has 0 aliphatic carbocycles. The molecule has 0 fully saturated rings. The molecule has 0 radical (unpaired) electrons. The maximum Gasteiger partial charge on any atom is 0.416 e. The molecule has 1 heterocycles. The zero-order valence-electron chi connectivity index (χ0n) is 13.2. The van der Waals surface area contributed by atoms with E-state index in [1.807, 2.05) is 0 Å². The van der Waals surface area contributed by atoms with Gasteiger partial charge in [0.15, 0.2) is 0 Å². The molecule has 0 aliphatic heterocycles. The van der Waals surface area contributed by atoms with Crippen LogP contribution in [0.2, 0.25) is 0 Å². The molecule has 0 unspecified atom stereocenters. The Labute approximate surface area is 153 Å². The number of allylic oxidation sites excluding steroid dienone is 1. The van der Waals surface area contributed by atoms with Crippen LogP contribution in [-0.4, -0.2) is 15.0 Å². The number of nitrogens with zero attached hydrogens (tertiary/aromatic N) is 3. The molecule has 27 heavy (non-hydrogen) atoms. The van der Waals surface area contributed by atoms with E-state index in [0.29, 0.717) is 4.70 Å². The average molecular weight is 391 g/mol. The highest BCUT2D eigenvalue weighted by Crippen LogP contribution is 2.35. The lowest BCUT2D eigenvalue weighted by atomic mass is 10.1. The van der Waals surface area contributed by atoms with E-state index >= 15 is 0 Å². The molecule has 0 amide bonds. The van der Waals surface area contributed by atoms with E-state index in [1.54, 1.807) is 6.07 Å². The number of alkyl halides is 3. The Hall–Kier alpha value is -3.45. The number of nitriles is 1. The summed E-state index contributed by atoms with van der Waals surface area (Å²) in [4.78, 5) is 14.1. The highest BCUT2D eigenvalue weighted by Gasteiger charge is 2.31. The molecule has 3 aromatic rings. The first kappa shape index (κ1) is 18.3. The van der Waals surface area contributed by atoms with E-state index < -0.39 is 22.4 Å². The molecule has 1 aromatic heterocycles. The lowest BCUT2D eigenvalue weighted by Crippen LogP contribution is -2.03. The van der Waals surface area contributed by atoms with Crippen molar-refractivity contribution in [3.8, 4) is 6.07 Å². The largest absolute Gasteiger partial charge is 0.506 e. The highest BCUT2D eigenvalue weighted by atomic mass is 32.1. The Morgan fingerprint density at radius 3 is 2.44 bits per heavy atom. The van der Waals surface area contributed by atoms with Crippen molar-refractivity contribution in [2.24, 2.45) is 0 Å². The number of hydrogen-bond acceptors (Lipinski definition) is 6. The summed E-state index contributed by atoms with van der Waals surface area (Å²) in [5.74, 6) is -0.470. The Kier molecular flexibility index (Phi) is 4.55. The normalized spacial score (nSPS) is 12.5. The highest BCUT2D eigenvalue weighted by molar-refractivity contribution is 7.19. The van der Waals surface area contributed by atoms with Crippen LogP contribution in [0.4, 0.5) is 18.9 Å². The summed E-state index contributed by atoms with van der Waals surface area (Å²) in [7, 11) is 0. The summed E-state index contributed by atoms with van der Waals surface area (Å²) in [6, 6.07) is 9.66. The van der Waals surface area contributed by atoms with Gasteiger partial charge in [-0.25, -0.2) is 4.98 Å². The van der Waals surface area contributed by atoms with Crippen LogP contribution < -0.4 is 0 Å². The molecule has 2 aromatic carbocycles. The van der Waals surface area contributed by atoms with Gasteiger partial charge >= 0.3 is 6.18 Å². The summed E-state index contributed by atoms with van der Waals surface area (Å²) in [5.41, 5.74) is -1.10. The maximum absolute atomic E-state index is 12.8. The third kappa shape index (κ3) is 3.58. The minimum absolute atomic E-state index is 0.0441. The number of nitro benzene ring substituents is 1. The number of aliphatic hydroxyl groups excluding tert-OH is 1. The smallest absolute Gasteiger partial charge is 0.416 e. The molecule has 136 valence electrons. The monoisotopic (exact) mass is 391 g/mol. The van der Waals surface area contributed by atoms with Gasteiger partial charge in [0.05, 0.1) is 20.7 Å². The maximum atomic E-state index is 12.8. The lowest BCUT2D eigenvalue weighted by molar-refractivity contribution is -0.384. The minimum atomic E-state index is -4.52. The van der Waals surface area contributed by atoms with Crippen LogP contribution in [0.25, 0.3) is 21.5 Å². The van der Waals surface area contributed by atoms with Crippen LogP contribution in [0.1, 0.15) is 16.1 Å². The second-order valence-electron chi connectivity index (χ2n) is 5.34. The molecule has 0 bridgehead atoms. The van der Waals surface area contributed by atoms with Crippen molar-refractivity contribution in [3.05, 3.63) is 68.7 Å². The second kappa shape index (κ2) is 6.69. The second-order valence-corrected chi connectivity index (χ2v) is 6.37. The number of halogens is 3. The standard InChI is InChI=1S/C17H8F3N3O3S/c18-17(19,20)10-3-6-14-13(7-10)22-16(27-14)12(8-21)15(24)9-1-4-11(5-2-9)23(25)26/h1-7,24H. The SMILES string of the molecule is N#CC(=C(O)c1ccc([N+](=O)[O-])cc1)c1nc2cc(C(F)(F)F)ccc2s1. The predicted octanol–water partition coefficient (Wildman–Crippen LogP) is 5.17. The number of nitro groups is 1. The van der Waals surface area contributed by atoms with Crippen molar-refractivity contribution in [2.45, 2.75) is 6.18 Å². The van der Waals surface area contributed by atoms with Gasteiger partial charge in [0.25, 0.3) is 5.69 Å². The Bertz CT molecular complexity index is 1110. The van der Waals surface area contributed by atoms with E-state index in [1.165, 1.54) is 18.2 Å². The molecule has 0 saturated heterocycles. The van der Waals surface area contributed by atoms with Crippen LogP contribution in [0, 0.1) is 21.4 Å². The van der Waals surface area contributed by atoms with Crippen LogP contribution in [0.3, 0.4) is 0 Å². The summed E-state index contributed by atoms with van der Waals surface area (Å²) in [6.07, 6.45) is -4.52. The van der Waals surface area contributed by atoms with Gasteiger partial charge in [0.1, 0.15) is 22.4 Å². The van der Waals surface area contributed by atoms with E-state index in [0.717, 1.165) is 35.6 Å². The number of aliphatic hydroxyl groups is 1. The van der Waals surface area contributed by atoms with Gasteiger partial charge in [0, 0.05) is 17.7 Å². The molecule has 0 atom stereocenters. The molecule has 6 nitrogen and oxygen atoms in total.